The summed E-state index contributed by atoms with van der Waals surface area (Å²) in [7, 11) is 1.57. The van der Waals surface area contributed by atoms with Gasteiger partial charge in [-0.2, -0.15) is 4.98 Å². The molecule has 0 saturated heterocycles. The standard InChI is InChI=1S/C13H22N6O/c1-4-18(5-2)7-6-8-19-11-10(17-13(19)14)12(20-3)16-9-15-11/h9H,4-8H2,1-3H3,(H2,14,17). The van der Waals surface area contributed by atoms with Crippen LogP contribution < -0.4 is 10.5 Å². The van der Waals surface area contributed by atoms with Crippen molar-refractivity contribution in [1.29, 1.82) is 0 Å². The molecule has 0 aliphatic rings. The zero-order chi connectivity index (χ0) is 14.5. The van der Waals surface area contributed by atoms with Crippen LogP contribution >= 0.6 is 0 Å². The number of rotatable bonds is 7. The van der Waals surface area contributed by atoms with Crippen LogP contribution in [0.15, 0.2) is 6.33 Å². The Balaban J connectivity index is 2.16. The van der Waals surface area contributed by atoms with E-state index >= 15 is 0 Å². The molecular weight excluding hydrogens is 256 g/mol. The van der Waals surface area contributed by atoms with Crippen molar-refractivity contribution in [3.63, 3.8) is 0 Å². The smallest absolute Gasteiger partial charge is 0.245 e. The van der Waals surface area contributed by atoms with Gasteiger partial charge in [-0.25, -0.2) is 9.97 Å². The maximum absolute atomic E-state index is 5.97. The predicted octanol–water partition coefficient (Wildman–Crippen LogP) is 1.15. The third kappa shape index (κ3) is 2.82. The fourth-order valence-corrected chi connectivity index (χ4v) is 2.29. The molecule has 0 unspecified atom stereocenters. The van der Waals surface area contributed by atoms with Crippen molar-refractivity contribution >= 4 is 17.1 Å². The van der Waals surface area contributed by atoms with E-state index in [0.29, 0.717) is 17.3 Å². The molecule has 2 aromatic rings. The number of nitrogen functional groups attached to an aromatic ring is 1. The van der Waals surface area contributed by atoms with Gasteiger partial charge in [-0.15, -0.1) is 0 Å². The van der Waals surface area contributed by atoms with Crippen molar-refractivity contribution in [3.8, 4) is 5.88 Å². The quantitative estimate of drug-likeness (QED) is 0.818. The van der Waals surface area contributed by atoms with E-state index in [1.807, 2.05) is 4.57 Å². The summed E-state index contributed by atoms with van der Waals surface area (Å²) in [5, 5.41) is 0. The van der Waals surface area contributed by atoms with E-state index in [0.717, 1.165) is 38.2 Å². The molecular formula is C13H22N6O. The second kappa shape index (κ2) is 6.51. The molecule has 7 nitrogen and oxygen atoms in total. The minimum absolute atomic E-state index is 0.457. The minimum Gasteiger partial charge on any atom is -0.479 e. The lowest BCUT2D eigenvalue weighted by molar-refractivity contribution is 0.294. The van der Waals surface area contributed by atoms with Crippen LogP contribution in [0.2, 0.25) is 0 Å². The molecule has 2 aromatic heterocycles. The first kappa shape index (κ1) is 14.5. The number of methoxy groups -OCH3 is 1. The van der Waals surface area contributed by atoms with Crippen LogP contribution in [0.1, 0.15) is 20.3 Å². The Bertz CT molecular complexity index is 563. The number of hydrogen-bond donors (Lipinski definition) is 1. The van der Waals surface area contributed by atoms with Gasteiger partial charge < -0.3 is 15.4 Å². The first-order valence-corrected chi connectivity index (χ1v) is 6.94. The van der Waals surface area contributed by atoms with Crippen molar-refractivity contribution in [2.75, 3.05) is 32.5 Å². The summed E-state index contributed by atoms with van der Waals surface area (Å²) in [5.74, 6) is 0.919. The number of fused-ring (bicyclic) bond motifs is 1. The average Bonchev–Trinajstić information content (AvgIpc) is 2.79. The molecule has 0 aliphatic heterocycles. The largest absolute Gasteiger partial charge is 0.479 e. The molecule has 2 N–H and O–H groups in total. The number of ether oxygens (including phenoxy) is 1. The van der Waals surface area contributed by atoms with E-state index < -0.39 is 0 Å². The van der Waals surface area contributed by atoms with E-state index in [9.17, 15) is 0 Å². The SMILES string of the molecule is CCN(CC)CCCn1c(N)nc2c(OC)ncnc21. The molecule has 0 radical (unpaired) electrons. The number of nitrogens with two attached hydrogens (primary N) is 1. The lowest BCUT2D eigenvalue weighted by atomic mass is 10.3. The highest BCUT2D eigenvalue weighted by Gasteiger charge is 2.14. The second-order valence-electron chi connectivity index (χ2n) is 4.56. The van der Waals surface area contributed by atoms with Gasteiger partial charge in [0.05, 0.1) is 7.11 Å². The first-order chi connectivity index (χ1) is 9.71. The molecule has 0 fully saturated rings. The Morgan fingerprint density at radius 2 is 2.05 bits per heavy atom. The summed E-state index contributed by atoms with van der Waals surface area (Å²) in [6, 6.07) is 0. The minimum atomic E-state index is 0.457. The number of aromatic nitrogens is 4. The summed E-state index contributed by atoms with van der Waals surface area (Å²) < 4.78 is 7.10. The van der Waals surface area contributed by atoms with Gasteiger partial charge in [-0.3, -0.25) is 4.57 Å². The van der Waals surface area contributed by atoms with Gasteiger partial charge in [-0.05, 0) is 26.1 Å². The number of aryl methyl sites for hydroxylation is 1. The van der Waals surface area contributed by atoms with E-state index in [1.165, 1.54) is 6.33 Å². The van der Waals surface area contributed by atoms with Gasteiger partial charge in [0.1, 0.15) is 6.33 Å². The van der Waals surface area contributed by atoms with Crippen molar-refractivity contribution in [1.82, 2.24) is 24.4 Å². The second-order valence-corrected chi connectivity index (χ2v) is 4.56. The summed E-state index contributed by atoms with van der Waals surface area (Å²) in [5.41, 5.74) is 7.32. The first-order valence-electron chi connectivity index (χ1n) is 6.94. The summed E-state index contributed by atoms with van der Waals surface area (Å²) >= 11 is 0. The van der Waals surface area contributed by atoms with Crippen LogP contribution in [0.25, 0.3) is 11.2 Å². The molecule has 20 heavy (non-hydrogen) atoms. The molecule has 110 valence electrons. The molecule has 0 bridgehead atoms. The topological polar surface area (TPSA) is 82.1 Å². The maximum atomic E-state index is 5.97. The number of nitrogens with zero attached hydrogens (tertiary/aromatic N) is 5. The highest BCUT2D eigenvalue weighted by molar-refractivity contribution is 5.78. The van der Waals surface area contributed by atoms with Crippen molar-refractivity contribution in [3.05, 3.63) is 6.33 Å². The number of hydrogen-bond acceptors (Lipinski definition) is 6. The summed E-state index contributed by atoms with van der Waals surface area (Å²) in [4.78, 5) is 15.0. The Morgan fingerprint density at radius 1 is 1.30 bits per heavy atom. The van der Waals surface area contributed by atoms with Crippen LogP contribution in [0.4, 0.5) is 5.95 Å². The van der Waals surface area contributed by atoms with Crippen molar-refractivity contribution < 1.29 is 4.74 Å². The van der Waals surface area contributed by atoms with E-state index in [4.69, 9.17) is 10.5 Å². The molecule has 2 heterocycles. The lowest BCUT2D eigenvalue weighted by Gasteiger charge is -2.17. The molecule has 7 heteroatoms. The van der Waals surface area contributed by atoms with Crippen LogP contribution in [0, 0.1) is 0 Å². The monoisotopic (exact) mass is 278 g/mol. The van der Waals surface area contributed by atoms with E-state index in [1.54, 1.807) is 7.11 Å². The van der Waals surface area contributed by atoms with Crippen molar-refractivity contribution in [2.24, 2.45) is 0 Å². The molecule has 2 rings (SSSR count). The van der Waals surface area contributed by atoms with Gasteiger partial charge in [0.15, 0.2) is 11.2 Å². The fourth-order valence-electron chi connectivity index (χ4n) is 2.29. The van der Waals surface area contributed by atoms with Crippen LogP contribution in [0.3, 0.4) is 0 Å². The fraction of sp³-hybridized carbons (Fsp3) is 0.615. The van der Waals surface area contributed by atoms with Crippen LogP contribution in [-0.4, -0.2) is 51.2 Å². The molecule has 0 aromatic carbocycles. The van der Waals surface area contributed by atoms with Gasteiger partial charge in [0.2, 0.25) is 11.8 Å². The molecule has 0 saturated carbocycles. The molecule has 0 amide bonds. The Morgan fingerprint density at radius 3 is 2.70 bits per heavy atom. The molecule has 0 atom stereocenters. The third-order valence-corrected chi connectivity index (χ3v) is 3.47. The highest BCUT2D eigenvalue weighted by Crippen LogP contribution is 2.22. The zero-order valence-corrected chi connectivity index (χ0v) is 12.3. The van der Waals surface area contributed by atoms with E-state index in [-0.39, 0.29) is 0 Å². The normalized spacial score (nSPS) is 11.4. The Hall–Kier alpha value is -1.89. The third-order valence-electron chi connectivity index (χ3n) is 3.47. The van der Waals surface area contributed by atoms with Gasteiger partial charge in [0.25, 0.3) is 0 Å². The highest BCUT2D eigenvalue weighted by atomic mass is 16.5. The lowest BCUT2D eigenvalue weighted by Crippen LogP contribution is -2.25. The van der Waals surface area contributed by atoms with Crippen molar-refractivity contribution in [2.45, 2.75) is 26.8 Å². The molecule has 0 spiro atoms. The van der Waals surface area contributed by atoms with Gasteiger partial charge in [0, 0.05) is 6.54 Å². The number of anilines is 1. The average molecular weight is 278 g/mol. The Kier molecular flexibility index (Phi) is 4.73. The summed E-state index contributed by atoms with van der Waals surface area (Å²) in [6.07, 6.45) is 2.48. The zero-order valence-electron chi connectivity index (χ0n) is 12.3. The van der Waals surface area contributed by atoms with Gasteiger partial charge in [-0.1, -0.05) is 13.8 Å². The van der Waals surface area contributed by atoms with Gasteiger partial charge >= 0.3 is 0 Å². The number of imidazole rings is 1. The van der Waals surface area contributed by atoms with E-state index in [2.05, 4.69) is 33.7 Å². The van der Waals surface area contributed by atoms with Crippen LogP contribution in [-0.2, 0) is 6.54 Å². The maximum Gasteiger partial charge on any atom is 0.245 e. The van der Waals surface area contributed by atoms with Crippen LogP contribution in [0.5, 0.6) is 5.88 Å². The predicted molar refractivity (Wildman–Crippen MR) is 78.7 cm³/mol. The molecule has 0 aliphatic carbocycles. The Labute approximate surface area is 118 Å². The summed E-state index contributed by atoms with van der Waals surface area (Å²) in [6.45, 7) is 8.29.